The molecule has 4 rings (SSSR count). The fourth-order valence-electron chi connectivity index (χ4n) is 3.15. The van der Waals surface area contributed by atoms with E-state index in [4.69, 9.17) is 4.74 Å². The van der Waals surface area contributed by atoms with Crippen molar-refractivity contribution in [3.63, 3.8) is 0 Å². The highest BCUT2D eigenvalue weighted by atomic mass is 32.1. The number of amides is 1. The van der Waals surface area contributed by atoms with E-state index in [-0.39, 0.29) is 12.0 Å². The molecule has 1 fully saturated rings. The van der Waals surface area contributed by atoms with E-state index in [1.54, 1.807) is 18.6 Å². The first-order valence-corrected chi connectivity index (χ1v) is 9.79. The summed E-state index contributed by atoms with van der Waals surface area (Å²) in [5.41, 5.74) is 2.11. The van der Waals surface area contributed by atoms with E-state index < -0.39 is 0 Å². The molecule has 1 aliphatic heterocycles. The third kappa shape index (κ3) is 4.58. The average Bonchev–Trinajstić information content (AvgIpc) is 3.05. The Morgan fingerprint density at radius 1 is 1.33 bits per heavy atom. The maximum atomic E-state index is 12.4. The molecule has 3 heterocycles. The summed E-state index contributed by atoms with van der Waals surface area (Å²) in [6.07, 6.45) is 6.72. The molecule has 1 N–H and O–H groups in total. The van der Waals surface area contributed by atoms with E-state index in [2.05, 4.69) is 38.2 Å². The van der Waals surface area contributed by atoms with Crippen molar-refractivity contribution in [3.8, 4) is 5.88 Å². The maximum absolute atomic E-state index is 12.4. The first-order chi connectivity index (χ1) is 13.2. The Balaban J connectivity index is 1.26. The van der Waals surface area contributed by atoms with Crippen LogP contribution in [0.15, 0.2) is 36.8 Å². The molecule has 140 valence electrons. The van der Waals surface area contributed by atoms with Gasteiger partial charge in [-0.2, -0.15) is 0 Å². The number of carbonyl (C=O) groups excluding carboxylic acids is 1. The highest BCUT2D eigenvalue weighted by molar-refractivity contribution is 7.22. The minimum atomic E-state index is -0.0286. The van der Waals surface area contributed by atoms with Gasteiger partial charge in [-0.15, -0.1) is 0 Å². The van der Waals surface area contributed by atoms with Crippen molar-refractivity contribution in [2.75, 3.05) is 25.0 Å². The third-order valence-corrected chi connectivity index (χ3v) is 5.45. The van der Waals surface area contributed by atoms with Gasteiger partial charge in [0, 0.05) is 25.5 Å². The number of likely N-dealkylation sites (tertiary alicyclic amines) is 1. The molecule has 3 aromatic rings. The number of fused-ring (bicyclic) bond motifs is 1. The van der Waals surface area contributed by atoms with Crippen LogP contribution in [0.5, 0.6) is 5.88 Å². The monoisotopic (exact) mass is 383 g/mol. The number of carbonyl (C=O) groups is 1. The largest absolute Gasteiger partial charge is 0.473 e. The Bertz CT molecular complexity index is 922. The molecule has 0 unspecified atom stereocenters. The van der Waals surface area contributed by atoms with Crippen LogP contribution in [0.1, 0.15) is 18.4 Å². The number of nitrogens with zero attached hydrogens (tertiary/aromatic N) is 4. The van der Waals surface area contributed by atoms with Crippen molar-refractivity contribution in [2.24, 2.45) is 0 Å². The molecule has 7 nitrogen and oxygen atoms in total. The van der Waals surface area contributed by atoms with E-state index in [1.165, 1.54) is 16.9 Å². The van der Waals surface area contributed by atoms with E-state index in [9.17, 15) is 4.79 Å². The van der Waals surface area contributed by atoms with Crippen LogP contribution in [0.4, 0.5) is 5.13 Å². The molecule has 0 spiro atoms. The predicted octanol–water partition coefficient (Wildman–Crippen LogP) is 2.88. The summed E-state index contributed by atoms with van der Waals surface area (Å²) in [6, 6.07) is 6.10. The zero-order chi connectivity index (χ0) is 18.6. The fourth-order valence-corrected chi connectivity index (χ4v) is 4.13. The Hall–Kier alpha value is -2.58. The van der Waals surface area contributed by atoms with Crippen molar-refractivity contribution >= 4 is 32.6 Å². The Labute approximate surface area is 161 Å². The summed E-state index contributed by atoms with van der Waals surface area (Å²) in [4.78, 5) is 27.1. The number of ether oxygens (including phenoxy) is 1. The van der Waals surface area contributed by atoms with Gasteiger partial charge < -0.3 is 10.1 Å². The van der Waals surface area contributed by atoms with Gasteiger partial charge >= 0.3 is 0 Å². The first-order valence-electron chi connectivity index (χ1n) is 8.98. The summed E-state index contributed by atoms with van der Waals surface area (Å²) in [5, 5.41) is 3.58. The van der Waals surface area contributed by atoms with E-state index in [0.717, 1.165) is 36.1 Å². The van der Waals surface area contributed by atoms with Crippen molar-refractivity contribution in [1.82, 2.24) is 19.9 Å². The quantitative estimate of drug-likeness (QED) is 0.730. The minimum Gasteiger partial charge on any atom is -0.473 e. The van der Waals surface area contributed by atoms with Crippen LogP contribution >= 0.6 is 11.3 Å². The summed E-state index contributed by atoms with van der Waals surface area (Å²) < 4.78 is 6.93. The minimum absolute atomic E-state index is 0.0286. The van der Waals surface area contributed by atoms with Gasteiger partial charge in [-0.05, 0) is 37.5 Å². The number of thiazole rings is 1. The van der Waals surface area contributed by atoms with Gasteiger partial charge in [0.25, 0.3) is 0 Å². The zero-order valence-electron chi connectivity index (χ0n) is 15.1. The number of hydrogen-bond acceptors (Lipinski definition) is 7. The molecule has 2 aromatic heterocycles. The lowest BCUT2D eigenvalue weighted by Crippen LogP contribution is -2.42. The Morgan fingerprint density at radius 3 is 2.96 bits per heavy atom. The summed E-state index contributed by atoms with van der Waals surface area (Å²) in [7, 11) is 0. The highest BCUT2D eigenvalue weighted by Crippen LogP contribution is 2.26. The third-order valence-electron chi connectivity index (χ3n) is 4.52. The smallest absolute Gasteiger partial charge is 0.240 e. The molecule has 27 heavy (non-hydrogen) atoms. The second kappa shape index (κ2) is 7.98. The van der Waals surface area contributed by atoms with Crippen molar-refractivity contribution < 1.29 is 9.53 Å². The lowest BCUT2D eigenvalue weighted by atomic mass is 10.1. The standard InChI is InChI=1S/C19H21N5O2S/c1-13-2-3-15-16(10-13)27-19(22-15)23-17(25)12-24-8-4-14(5-9-24)26-18-11-20-6-7-21-18/h2-3,6-7,10-11,14H,4-5,8-9,12H2,1H3,(H,22,23,25). The number of piperidine rings is 1. The fraction of sp³-hybridized carbons (Fsp3) is 0.368. The molecule has 0 bridgehead atoms. The molecule has 0 saturated carbocycles. The van der Waals surface area contributed by atoms with Gasteiger partial charge in [0.1, 0.15) is 6.10 Å². The number of rotatable bonds is 5. The molecular weight excluding hydrogens is 362 g/mol. The number of hydrogen-bond donors (Lipinski definition) is 1. The second-order valence-corrected chi connectivity index (χ2v) is 7.71. The van der Waals surface area contributed by atoms with Gasteiger partial charge in [-0.3, -0.25) is 14.7 Å². The van der Waals surface area contributed by atoms with Crippen molar-refractivity contribution in [1.29, 1.82) is 0 Å². The molecule has 1 aromatic carbocycles. The molecule has 0 atom stereocenters. The molecular formula is C19H21N5O2S. The van der Waals surface area contributed by atoms with Crippen LogP contribution in [0.25, 0.3) is 10.2 Å². The number of nitrogens with one attached hydrogen (secondary N) is 1. The molecule has 1 amide bonds. The maximum Gasteiger partial charge on any atom is 0.240 e. The lowest BCUT2D eigenvalue weighted by molar-refractivity contribution is -0.117. The molecule has 1 saturated heterocycles. The number of aryl methyl sites for hydroxylation is 1. The number of benzene rings is 1. The molecule has 1 aliphatic rings. The van der Waals surface area contributed by atoms with Crippen LogP contribution < -0.4 is 10.1 Å². The van der Waals surface area contributed by atoms with E-state index >= 15 is 0 Å². The van der Waals surface area contributed by atoms with Crippen LogP contribution in [0, 0.1) is 6.92 Å². The summed E-state index contributed by atoms with van der Waals surface area (Å²) >= 11 is 1.51. The van der Waals surface area contributed by atoms with Crippen LogP contribution in [0.2, 0.25) is 0 Å². The van der Waals surface area contributed by atoms with Crippen LogP contribution in [0.3, 0.4) is 0 Å². The Morgan fingerprint density at radius 2 is 2.19 bits per heavy atom. The van der Waals surface area contributed by atoms with E-state index in [1.807, 2.05) is 12.1 Å². The summed E-state index contributed by atoms with van der Waals surface area (Å²) in [5.74, 6) is 0.527. The van der Waals surface area contributed by atoms with Gasteiger partial charge in [0.05, 0.1) is 23.0 Å². The van der Waals surface area contributed by atoms with Crippen molar-refractivity contribution in [3.05, 3.63) is 42.4 Å². The number of aromatic nitrogens is 3. The van der Waals surface area contributed by atoms with Gasteiger partial charge in [0.15, 0.2) is 5.13 Å². The predicted molar refractivity (Wildman–Crippen MR) is 105 cm³/mol. The average molecular weight is 383 g/mol. The first kappa shape index (κ1) is 17.8. The zero-order valence-corrected chi connectivity index (χ0v) is 15.9. The van der Waals surface area contributed by atoms with Crippen LogP contribution in [-0.4, -0.2) is 51.5 Å². The SMILES string of the molecule is Cc1ccc2nc(NC(=O)CN3CCC(Oc4cnccn4)CC3)sc2c1. The summed E-state index contributed by atoms with van der Waals surface area (Å²) in [6.45, 7) is 4.05. The van der Waals surface area contributed by atoms with Gasteiger partial charge in [-0.1, -0.05) is 17.4 Å². The lowest BCUT2D eigenvalue weighted by Gasteiger charge is -2.31. The van der Waals surface area contributed by atoms with Gasteiger partial charge in [-0.25, -0.2) is 9.97 Å². The topological polar surface area (TPSA) is 80.2 Å². The van der Waals surface area contributed by atoms with Gasteiger partial charge in [0.2, 0.25) is 11.8 Å². The number of anilines is 1. The molecule has 0 radical (unpaired) electrons. The van der Waals surface area contributed by atoms with Crippen molar-refractivity contribution in [2.45, 2.75) is 25.9 Å². The Kier molecular flexibility index (Phi) is 5.26. The highest BCUT2D eigenvalue weighted by Gasteiger charge is 2.22. The molecule has 0 aliphatic carbocycles. The van der Waals surface area contributed by atoms with E-state index in [0.29, 0.717) is 17.6 Å². The normalized spacial score (nSPS) is 15.7. The van der Waals surface area contributed by atoms with Crippen LogP contribution in [-0.2, 0) is 4.79 Å². The molecule has 8 heteroatoms. The second-order valence-electron chi connectivity index (χ2n) is 6.68.